The van der Waals surface area contributed by atoms with Gasteiger partial charge in [0.1, 0.15) is 0 Å². The number of aromatic nitrogens is 2. The Kier molecular flexibility index (Phi) is 6.23. The lowest BCUT2D eigenvalue weighted by Gasteiger charge is -2.11. The lowest BCUT2D eigenvalue weighted by Crippen LogP contribution is -2.39. The number of hydrogen-bond donors (Lipinski definition) is 3. The third kappa shape index (κ3) is 5.38. The fourth-order valence-corrected chi connectivity index (χ4v) is 2.91. The van der Waals surface area contributed by atoms with Gasteiger partial charge in [-0.3, -0.25) is 19.7 Å². The SMILES string of the molecule is O=C(CCNC(=O)c1ncc2c(=O)n(Cc3ccccc3)ccc2c1O)NC(F)(F)F. The first kappa shape index (κ1) is 21.8. The maximum absolute atomic E-state index is 12.7. The molecule has 8 nitrogen and oxygen atoms in total. The number of nitrogens with one attached hydrogen (secondary N) is 2. The second-order valence-electron chi connectivity index (χ2n) is 6.57. The van der Waals surface area contributed by atoms with Crippen LogP contribution in [0.3, 0.4) is 0 Å². The number of amides is 2. The van der Waals surface area contributed by atoms with Gasteiger partial charge in [0, 0.05) is 30.7 Å². The number of hydrogen-bond acceptors (Lipinski definition) is 5. The predicted octanol–water partition coefficient (Wildman–Crippen LogP) is 1.91. The molecule has 3 aromatic rings. The second-order valence-corrected chi connectivity index (χ2v) is 6.57. The highest BCUT2D eigenvalue weighted by molar-refractivity contribution is 6.01. The molecule has 3 N–H and O–H groups in total. The number of rotatable bonds is 6. The first-order valence-electron chi connectivity index (χ1n) is 9.06. The molecule has 0 aliphatic rings. The van der Waals surface area contributed by atoms with E-state index in [0.717, 1.165) is 17.1 Å². The van der Waals surface area contributed by atoms with E-state index in [1.165, 1.54) is 16.8 Å². The van der Waals surface area contributed by atoms with Crippen LogP contribution >= 0.6 is 0 Å². The first-order chi connectivity index (χ1) is 14.7. The van der Waals surface area contributed by atoms with Crippen LogP contribution in [0.1, 0.15) is 22.5 Å². The van der Waals surface area contributed by atoms with E-state index < -0.39 is 48.1 Å². The van der Waals surface area contributed by atoms with Crippen LogP contribution < -0.4 is 16.2 Å². The van der Waals surface area contributed by atoms with Gasteiger partial charge in [-0.05, 0) is 11.6 Å². The zero-order valence-electron chi connectivity index (χ0n) is 15.9. The van der Waals surface area contributed by atoms with Crippen LogP contribution in [0.5, 0.6) is 5.75 Å². The summed E-state index contributed by atoms with van der Waals surface area (Å²) in [4.78, 5) is 39.9. The predicted molar refractivity (Wildman–Crippen MR) is 104 cm³/mol. The Hall–Kier alpha value is -3.89. The smallest absolute Gasteiger partial charge is 0.484 e. The molecule has 0 aliphatic carbocycles. The van der Waals surface area contributed by atoms with E-state index in [2.05, 4.69) is 10.3 Å². The summed E-state index contributed by atoms with van der Waals surface area (Å²) >= 11 is 0. The van der Waals surface area contributed by atoms with Crippen LogP contribution in [0.4, 0.5) is 13.2 Å². The summed E-state index contributed by atoms with van der Waals surface area (Å²) in [5.74, 6) is -2.76. The van der Waals surface area contributed by atoms with Crippen LogP contribution in [0.2, 0.25) is 0 Å². The summed E-state index contributed by atoms with van der Waals surface area (Å²) < 4.78 is 37.6. The van der Waals surface area contributed by atoms with Gasteiger partial charge in [0.2, 0.25) is 5.91 Å². The Morgan fingerprint density at radius 3 is 2.48 bits per heavy atom. The Morgan fingerprint density at radius 2 is 1.81 bits per heavy atom. The van der Waals surface area contributed by atoms with Gasteiger partial charge in [-0.15, -0.1) is 0 Å². The van der Waals surface area contributed by atoms with Crippen LogP contribution in [0.15, 0.2) is 53.6 Å². The number of fused-ring (bicyclic) bond motifs is 1. The topological polar surface area (TPSA) is 113 Å². The highest BCUT2D eigenvalue weighted by atomic mass is 19.4. The summed E-state index contributed by atoms with van der Waals surface area (Å²) in [6, 6.07) is 10.7. The maximum Gasteiger partial charge on any atom is 0.484 e. The minimum absolute atomic E-state index is 0.0945. The van der Waals surface area contributed by atoms with Gasteiger partial charge >= 0.3 is 6.30 Å². The average molecular weight is 434 g/mol. The summed E-state index contributed by atoms with van der Waals surface area (Å²) in [5.41, 5.74) is 0.0653. The summed E-state index contributed by atoms with van der Waals surface area (Å²) in [6.45, 7) is -0.100. The molecule has 11 heteroatoms. The number of alkyl halides is 3. The van der Waals surface area contributed by atoms with Gasteiger partial charge in [0.25, 0.3) is 11.5 Å². The molecule has 2 amide bonds. The Labute approximate surface area is 173 Å². The highest BCUT2D eigenvalue weighted by Crippen LogP contribution is 2.25. The van der Waals surface area contributed by atoms with Crippen LogP contribution in [0, 0.1) is 0 Å². The van der Waals surface area contributed by atoms with Gasteiger partial charge in [0.05, 0.1) is 11.9 Å². The third-order valence-corrected chi connectivity index (χ3v) is 4.33. The molecule has 0 saturated carbocycles. The van der Waals surface area contributed by atoms with E-state index in [9.17, 15) is 32.7 Å². The van der Waals surface area contributed by atoms with Crippen molar-refractivity contribution >= 4 is 22.6 Å². The zero-order chi connectivity index (χ0) is 22.6. The fraction of sp³-hybridized carbons (Fsp3) is 0.200. The number of aromatic hydroxyl groups is 1. The first-order valence-corrected chi connectivity index (χ1v) is 9.06. The molecule has 0 unspecified atom stereocenters. The Morgan fingerprint density at radius 1 is 1.10 bits per heavy atom. The average Bonchev–Trinajstić information content (AvgIpc) is 2.70. The molecule has 2 heterocycles. The van der Waals surface area contributed by atoms with Crippen LogP contribution in [-0.4, -0.2) is 39.3 Å². The van der Waals surface area contributed by atoms with Gasteiger partial charge in [-0.1, -0.05) is 30.3 Å². The normalized spacial score (nSPS) is 11.3. The largest absolute Gasteiger partial charge is 0.505 e. The molecule has 0 aliphatic heterocycles. The van der Waals surface area contributed by atoms with Crippen molar-refractivity contribution in [1.82, 2.24) is 20.2 Å². The summed E-state index contributed by atoms with van der Waals surface area (Å²) in [7, 11) is 0. The summed E-state index contributed by atoms with van der Waals surface area (Å²) in [6.07, 6.45) is -2.86. The Bertz CT molecular complexity index is 1180. The zero-order valence-corrected chi connectivity index (χ0v) is 15.9. The molecule has 0 radical (unpaired) electrons. The lowest BCUT2D eigenvalue weighted by molar-refractivity contribution is -0.169. The maximum atomic E-state index is 12.7. The van der Waals surface area contributed by atoms with Crippen molar-refractivity contribution in [3.63, 3.8) is 0 Å². The van der Waals surface area contributed by atoms with Crippen molar-refractivity contribution in [2.24, 2.45) is 0 Å². The van der Waals surface area contributed by atoms with Crippen molar-refractivity contribution < 1.29 is 27.9 Å². The number of halogens is 3. The molecule has 0 spiro atoms. The standard InChI is InChI=1S/C20H17F3N4O4/c21-20(22,23)26-15(28)6-8-24-18(30)16-17(29)13-7-9-27(19(31)14(13)10-25-16)11-12-4-2-1-3-5-12/h1-5,7,9-10,29H,6,8,11H2,(H,24,30)(H,26,28). The van der Waals surface area contributed by atoms with Crippen molar-refractivity contribution in [1.29, 1.82) is 0 Å². The molecule has 0 fully saturated rings. The van der Waals surface area contributed by atoms with E-state index in [-0.39, 0.29) is 10.8 Å². The summed E-state index contributed by atoms with van der Waals surface area (Å²) in [5, 5.41) is 13.6. The lowest BCUT2D eigenvalue weighted by atomic mass is 10.1. The van der Waals surface area contributed by atoms with Crippen molar-refractivity contribution in [3.8, 4) is 5.75 Å². The minimum atomic E-state index is -4.85. The van der Waals surface area contributed by atoms with Gasteiger partial charge in [-0.2, -0.15) is 13.2 Å². The number of carbonyl (C=O) groups is 2. The molecular weight excluding hydrogens is 417 g/mol. The molecular formula is C20H17F3N4O4. The number of carbonyl (C=O) groups excluding carboxylic acids is 2. The van der Waals surface area contributed by atoms with Crippen molar-refractivity contribution in [2.75, 3.05) is 6.54 Å². The number of pyridine rings is 2. The van der Waals surface area contributed by atoms with Gasteiger partial charge < -0.3 is 15.0 Å². The van der Waals surface area contributed by atoms with E-state index in [0.29, 0.717) is 6.54 Å². The molecule has 2 aromatic heterocycles. The molecule has 162 valence electrons. The van der Waals surface area contributed by atoms with E-state index in [4.69, 9.17) is 0 Å². The number of nitrogens with zero attached hydrogens (tertiary/aromatic N) is 2. The molecule has 0 saturated heterocycles. The molecule has 1 aromatic carbocycles. The Balaban J connectivity index is 1.75. The van der Waals surface area contributed by atoms with Gasteiger partial charge in [0.15, 0.2) is 11.4 Å². The molecule has 0 atom stereocenters. The van der Waals surface area contributed by atoms with Gasteiger partial charge in [-0.25, -0.2) is 4.98 Å². The highest BCUT2D eigenvalue weighted by Gasteiger charge is 2.29. The van der Waals surface area contributed by atoms with Crippen molar-refractivity contribution in [3.05, 3.63) is 70.4 Å². The van der Waals surface area contributed by atoms with E-state index in [1.807, 2.05) is 30.3 Å². The van der Waals surface area contributed by atoms with Crippen LogP contribution in [-0.2, 0) is 11.3 Å². The van der Waals surface area contributed by atoms with Crippen LogP contribution in [0.25, 0.3) is 10.8 Å². The third-order valence-electron chi connectivity index (χ3n) is 4.33. The van der Waals surface area contributed by atoms with E-state index >= 15 is 0 Å². The molecule has 0 bridgehead atoms. The fourth-order valence-electron chi connectivity index (χ4n) is 2.91. The van der Waals surface area contributed by atoms with E-state index in [1.54, 1.807) is 0 Å². The molecule has 31 heavy (non-hydrogen) atoms. The second kappa shape index (κ2) is 8.86. The number of benzene rings is 1. The van der Waals surface area contributed by atoms with Crippen molar-refractivity contribution in [2.45, 2.75) is 19.3 Å². The minimum Gasteiger partial charge on any atom is -0.505 e. The quantitative estimate of drug-likeness (QED) is 0.513. The molecule has 3 rings (SSSR count). The monoisotopic (exact) mass is 434 g/mol.